The number of fused-ring (bicyclic) bond motifs is 3. The van der Waals surface area contributed by atoms with E-state index in [1.165, 1.54) is 22.4 Å². The average Bonchev–Trinajstić information content (AvgIpc) is 3.46. The lowest BCUT2D eigenvalue weighted by atomic mass is 10.0. The predicted octanol–water partition coefficient (Wildman–Crippen LogP) is 3.47. The Bertz CT molecular complexity index is 1190. The highest BCUT2D eigenvalue weighted by molar-refractivity contribution is 5.85. The zero-order valence-corrected chi connectivity index (χ0v) is 19.8. The second-order valence-electron chi connectivity index (χ2n) is 8.57. The highest BCUT2D eigenvalue weighted by Crippen LogP contribution is 2.43. The fourth-order valence-electron chi connectivity index (χ4n) is 4.64. The average molecular weight is 457 g/mol. The van der Waals surface area contributed by atoms with Gasteiger partial charge in [0.1, 0.15) is 5.84 Å². The summed E-state index contributed by atoms with van der Waals surface area (Å²) in [5, 5.41) is 14.9. The summed E-state index contributed by atoms with van der Waals surface area (Å²) in [4.78, 5) is 6.68. The van der Waals surface area contributed by atoms with Crippen molar-refractivity contribution in [1.29, 1.82) is 0 Å². The number of hydrogen-bond donors (Lipinski definition) is 5. The third-order valence-corrected chi connectivity index (χ3v) is 6.34. The van der Waals surface area contributed by atoms with Crippen molar-refractivity contribution >= 4 is 17.2 Å². The third-order valence-electron chi connectivity index (χ3n) is 6.34. The van der Waals surface area contributed by atoms with Gasteiger partial charge in [0.25, 0.3) is 0 Å². The van der Waals surface area contributed by atoms with Crippen molar-refractivity contribution in [3.63, 3.8) is 0 Å². The van der Waals surface area contributed by atoms with Gasteiger partial charge in [-0.05, 0) is 37.6 Å². The lowest BCUT2D eigenvalue weighted by Crippen LogP contribution is -2.43. The minimum absolute atomic E-state index is 0.575. The summed E-state index contributed by atoms with van der Waals surface area (Å²) in [7, 11) is 0. The summed E-state index contributed by atoms with van der Waals surface area (Å²) < 4.78 is 0. The minimum atomic E-state index is 0.575. The Hall–Kier alpha value is -3.62. The number of H-pyrrole nitrogens is 1. The van der Waals surface area contributed by atoms with Crippen LogP contribution in [0.1, 0.15) is 25.0 Å². The number of rotatable bonds is 7. The van der Waals surface area contributed by atoms with Gasteiger partial charge < -0.3 is 21.0 Å². The number of nitrogens with zero attached hydrogens (tertiary/aromatic N) is 3. The Morgan fingerprint density at radius 3 is 2.74 bits per heavy atom. The fraction of sp³-hybridized carbons (Fsp3) is 0.308. The second kappa shape index (κ2) is 10.1. The lowest BCUT2D eigenvalue weighted by Gasteiger charge is -2.29. The topological polar surface area (TPSA) is 92.4 Å². The van der Waals surface area contributed by atoms with Crippen molar-refractivity contribution < 1.29 is 0 Å². The molecule has 2 aromatic carbocycles. The van der Waals surface area contributed by atoms with Crippen LogP contribution in [0.2, 0.25) is 0 Å². The first kappa shape index (κ1) is 22.2. The summed E-state index contributed by atoms with van der Waals surface area (Å²) >= 11 is 0. The standard InChI is InChI=1S/C26H32N8/c1-3-11-28-18(2)31-30-17-29-24-6-4-5-21-22(24)16-23-25(32-33-26(21)23)19-7-9-20(10-8-19)34-14-12-27-13-15-34/h3-11,27,29-30H,12-17H2,1-2H3,(H,28,31)(H,32,33)/b11-3-. The molecule has 34 heavy (non-hydrogen) atoms. The number of nitrogens with one attached hydrogen (secondary N) is 5. The summed E-state index contributed by atoms with van der Waals surface area (Å²) in [6.45, 7) is 8.62. The number of aromatic amines is 1. The molecule has 1 aromatic heterocycles. The number of allylic oxidation sites excluding steroid dienone is 1. The molecule has 5 rings (SSSR count). The molecule has 0 radical (unpaired) electrons. The van der Waals surface area contributed by atoms with Gasteiger partial charge in [-0.15, -0.1) is 0 Å². The van der Waals surface area contributed by atoms with E-state index in [2.05, 4.69) is 84.0 Å². The van der Waals surface area contributed by atoms with E-state index in [4.69, 9.17) is 0 Å². The molecule has 0 atom stereocenters. The summed E-state index contributed by atoms with van der Waals surface area (Å²) in [6, 6.07) is 15.2. The van der Waals surface area contributed by atoms with Crippen LogP contribution in [0.5, 0.6) is 0 Å². The molecule has 8 heteroatoms. The third kappa shape index (κ3) is 4.55. The van der Waals surface area contributed by atoms with E-state index in [-0.39, 0.29) is 0 Å². The van der Waals surface area contributed by atoms with Gasteiger partial charge in [-0.2, -0.15) is 5.10 Å². The maximum absolute atomic E-state index is 4.69. The molecular weight excluding hydrogens is 424 g/mol. The SMILES string of the molecule is C/C=C\N=C(C)NNCNc1cccc2c1Cc1c(-c3ccc(N4CCNCC4)cc3)n[nH]c1-2. The van der Waals surface area contributed by atoms with Crippen LogP contribution in [0, 0.1) is 0 Å². The molecule has 0 saturated carbocycles. The zero-order chi connectivity index (χ0) is 23.3. The zero-order valence-electron chi connectivity index (χ0n) is 19.8. The van der Waals surface area contributed by atoms with Crippen molar-refractivity contribution in [1.82, 2.24) is 26.4 Å². The summed E-state index contributed by atoms with van der Waals surface area (Å²) in [6.07, 6.45) is 4.52. The highest BCUT2D eigenvalue weighted by atomic mass is 15.4. The number of piperazine rings is 1. The molecular formula is C26H32N8. The first-order chi connectivity index (χ1) is 16.7. The Morgan fingerprint density at radius 1 is 1.12 bits per heavy atom. The predicted molar refractivity (Wildman–Crippen MR) is 140 cm³/mol. The Morgan fingerprint density at radius 2 is 1.94 bits per heavy atom. The summed E-state index contributed by atoms with van der Waals surface area (Å²) in [5.74, 6) is 0.812. The van der Waals surface area contributed by atoms with Crippen LogP contribution in [0.15, 0.2) is 59.7 Å². The van der Waals surface area contributed by atoms with Gasteiger partial charge in [-0.1, -0.05) is 30.3 Å². The molecule has 176 valence electrons. The first-order valence-electron chi connectivity index (χ1n) is 11.9. The molecule has 1 aliphatic carbocycles. The van der Waals surface area contributed by atoms with Crippen LogP contribution in [0.4, 0.5) is 11.4 Å². The van der Waals surface area contributed by atoms with Crippen LogP contribution in [-0.2, 0) is 6.42 Å². The Kier molecular flexibility index (Phi) is 6.60. The van der Waals surface area contributed by atoms with Gasteiger partial charge in [-0.3, -0.25) is 5.10 Å². The number of benzene rings is 2. The van der Waals surface area contributed by atoms with Crippen LogP contribution < -0.4 is 26.4 Å². The van der Waals surface area contributed by atoms with Gasteiger partial charge in [0, 0.05) is 66.9 Å². The monoisotopic (exact) mass is 456 g/mol. The molecule has 0 bridgehead atoms. The van der Waals surface area contributed by atoms with Crippen LogP contribution in [-0.4, -0.2) is 48.9 Å². The van der Waals surface area contributed by atoms with E-state index in [1.54, 1.807) is 6.20 Å². The van der Waals surface area contributed by atoms with Crippen molar-refractivity contribution in [2.24, 2.45) is 4.99 Å². The quantitative estimate of drug-likeness (QED) is 0.0962. The van der Waals surface area contributed by atoms with E-state index in [9.17, 15) is 0 Å². The van der Waals surface area contributed by atoms with Crippen molar-refractivity contribution in [2.75, 3.05) is 43.1 Å². The lowest BCUT2D eigenvalue weighted by molar-refractivity contribution is 0.589. The molecule has 2 aliphatic rings. The molecule has 1 aliphatic heterocycles. The highest BCUT2D eigenvalue weighted by Gasteiger charge is 2.27. The second-order valence-corrected chi connectivity index (χ2v) is 8.57. The normalized spacial score (nSPS) is 15.5. The molecule has 2 heterocycles. The summed E-state index contributed by atoms with van der Waals surface area (Å²) in [5.41, 5.74) is 15.8. The van der Waals surface area contributed by atoms with Gasteiger partial charge in [0.2, 0.25) is 0 Å². The van der Waals surface area contributed by atoms with E-state index in [0.717, 1.165) is 61.1 Å². The maximum atomic E-state index is 4.69. The van der Waals surface area contributed by atoms with E-state index >= 15 is 0 Å². The molecule has 0 amide bonds. The van der Waals surface area contributed by atoms with Crippen LogP contribution >= 0.6 is 0 Å². The molecule has 1 saturated heterocycles. The van der Waals surface area contributed by atoms with E-state index in [1.807, 2.05) is 19.9 Å². The maximum Gasteiger partial charge on any atom is 0.113 e. The minimum Gasteiger partial charge on any atom is -0.371 e. The molecule has 1 fully saturated rings. The number of amidine groups is 1. The smallest absolute Gasteiger partial charge is 0.113 e. The van der Waals surface area contributed by atoms with Crippen molar-refractivity contribution in [2.45, 2.75) is 20.3 Å². The van der Waals surface area contributed by atoms with Crippen LogP contribution in [0.3, 0.4) is 0 Å². The molecule has 8 nitrogen and oxygen atoms in total. The first-order valence-corrected chi connectivity index (χ1v) is 11.9. The van der Waals surface area contributed by atoms with Gasteiger partial charge >= 0.3 is 0 Å². The Balaban J connectivity index is 1.28. The molecule has 5 N–H and O–H groups in total. The molecule has 3 aromatic rings. The fourth-order valence-corrected chi connectivity index (χ4v) is 4.64. The Labute approximate surface area is 200 Å². The van der Waals surface area contributed by atoms with Crippen LogP contribution in [0.25, 0.3) is 22.5 Å². The van der Waals surface area contributed by atoms with Crippen molar-refractivity contribution in [3.05, 3.63) is 65.9 Å². The number of hydrogen-bond acceptors (Lipinski definition) is 6. The number of aliphatic imine (C=N–C) groups is 1. The largest absolute Gasteiger partial charge is 0.371 e. The number of hydrazine groups is 1. The molecule has 0 unspecified atom stereocenters. The number of aromatic nitrogens is 2. The van der Waals surface area contributed by atoms with Gasteiger partial charge in [0.15, 0.2) is 0 Å². The van der Waals surface area contributed by atoms with Gasteiger partial charge in [-0.25, -0.2) is 10.4 Å². The van der Waals surface area contributed by atoms with Crippen molar-refractivity contribution in [3.8, 4) is 22.5 Å². The van der Waals surface area contributed by atoms with E-state index in [0.29, 0.717) is 6.67 Å². The molecule has 0 spiro atoms. The van der Waals surface area contributed by atoms with Gasteiger partial charge in [0.05, 0.1) is 18.1 Å². The number of anilines is 2. The van der Waals surface area contributed by atoms with E-state index < -0.39 is 0 Å².